The smallest absolute Gasteiger partial charge is 0.253 e. The van der Waals surface area contributed by atoms with Crippen molar-refractivity contribution in [1.82, 2.24) is 24.5 Å². The van der Waals surface area contributed by atoms with Crippen molar-refractivity contribution in [3.05, 3.63) is 72.9 Å². The number of amides is 1. The zero-order valence-electron chi connectivity index (χ0n) is 18.4. The molecule has 0 radical (unpaired) electrons. The second-order valence-corrected chi connectivity index (χ2v) is 8.02. The Bertz CT molecular complexity index is 1320. The van der Waals surface area contributed by atoms with Gasteiger partial charge in [-0.2, -0.15) is 5.10 Å². The third-order valence-corrected chi connectivity index (χ3v) is 5.60. The highest BCUT2D eigenvalue weighted by Gasteiger charge is 2.29. The number of hydrogen-bond acceptors (Lipinski definition) is 6. The molecular weight excluding hydrogens is 420 g/mol. The number of pyridine rings is 1. The Morgan fingerprint density at radius 1 is 1.27 bits per heavy atom. The van der Waals surface area contributed by atoms with Gasteiger partial charge in [0, 0.05) is 49.4 Å². The van der Waals surface area contributed by atoms with Crippen molar-refractivity contribution in [2.24, 2.45) is 12.2 Å². The summed E-state index contributed by atoms with van der Waals surface area (Å²) in [6, 6.07) is 11.4. The quantitative estimate of drug-likeness (QED) is 0.473. The number of fused-ring (bicyclic) bond motifs is 1. The number of carbonyl (C=O) groups excluding carboxylic acids is 1. The fourth-order valence-corrected chi connectivity index (χ4v) is 3.79. The van der Waals surface area contributed by atoms with Crippen LogP contribution in [0.1, 0.15) is 23.7 Å². The van der Waals surface area contributed by atoms with Gasteiger partial charge in [0.1, 0.15) is 17.5 Å². The minimum atomic E-state index is -0.235. The number of aryl methyl sites for hydroxylation is 1. The molecule has 0 aliphatic carbocycles. The SMILES string of the molecule is CC(Oc1ccccc1-c1cnn(C)c1)C1CC(CNC(=O)c2ccc3nccn3c2)=NO1. The van der Waals surface area contributed by atoms with Gasteiger partial charge >= 0.3 is 0 Å². The molecule has 1 aromatic carbocycles. The monoisotopic (exact) mass is 444 g/mol. The molecule has 4 aromatic rings. The van der Waals surface area contributed by atoms with Gasteiger partial charge in [-0.3, -0.25) is 9.48 Å². The summed E-state index contributed by atoms with van der Waals surface area (Å²) in [6.45, 7) is 2.28. The highest BCUT2D eigenvalue weighted by atomic mass is 16.7. The Labute approximate surface area is 190 Å². The summed E-state index contributed by atoms with van der Waals surface area (Å²) >= 11 is 0. The van der Waals surface area contributed by atoms with Gasteiger partial charge in [-0.05, 0) is 25.1 Å². The summed E-state index contributed by atoms with van der Waals surface area (Å²) < 4.78 is 9.81. The number of aromatic nitrogens is 4. The number of oxime groups is 1. The highest BCUT2D eigenvalue weighted by Crippen LogP contribution is 2.31. The van der Waals surface area contributed by atoms with Crippen LogP contribution in [0, 0.1) is 0 Å². The Morgan fingerprint density at radius 2 is 2.15 bits per heavy atom. The number of para-hydroxylation sites is 1. The lowest BCUT2D eigenvalue weighted by atomic mass is 10.1. The number of carbonyl (C=O) groups is 1. The summed E-state index contributed by atoms with van der Waals surface area (Å²) in [5.74, 6) is 0.588. The number of rotatable bonds is 7. The van der Waals surface area contributed by atoms with Gasteiger partial charge in [0.25, 0.3) is 5.91 Å². The van der Waals surface area contributed by atoms with Gasteiger partial charge in [-0.25, -0.2) is 4.98 Å². The number of imidazole rings is 1. The van der Waals surface area contributed by atoms with Crippen molar-refractivity contribution < 1.29 is 14.4 Å². The minimum absolute atomic E-state index is 0.175. The molecule has 9 heteroatoms. The van der Waals surface area contributed by atoms with E-state index < -0.39 is 0 Å². The molecule has 5 rings (SSSR count). The van der Waals surface area contributed by atoms with Crippen LogP contribution in [0.25, 0.3) is 16.8 Å². The van der Waals surface area contributed by atoms with E-state index in [-0.39, 0.29) is 18.1 Å². The first-order valence-electron chi connectivity index (χ1n) is 10.7. The Hall–Kier alpha value is -4.14. The molecule has 0 bridgehead atoms. The third kappa shape index (κ3) is 4.43. The number of benzene rings is 1. The van der Waals surface area contributed by atoms with E-state index in [1.54, 1.807) is 29.3 Å². The maximum Gasteiger partial charge on any atom is 0.253 e. The van der Waals surface area contributed by atoms with E-state index in [9.17, 15) is 4.79 Å². The maximum absolute atomic E-state index is 12.5. The largest absolute Gasteiger partial charge is 0.486 e. The molecule has 0 spiro atoms. The van der Waals surface area contributed by atoms with Gasteiger partial charge in [0.05, 0.1) is 24.0 Å². The van der Waals surface area contributed by atoms with E-state index in [1.165, 1.54) is 0 Å². The van der Waals surface area contributed by atoms with E-state index in [0.717, 1.165) is 28.2 Å². The first-order valence-corrected chi connectivity index (χ1v) is 10.7. The van der Waals surface area contributed by atoms with Crippen LogP contribution in [0.15, 0.2) is 72.5 Å². The molecule has 1 amide bonds. The zero-order chi connectivity index (χ0) is 22.8. The van der Waals surface area contributed by atoms with Gasteiger partial charge in [-0.1, -0.05) is 23.4 Å². The molecular formula is C24H24N6O3. The number of hydrogen-bond donors (Lipinski definition) is 1. The normalized spacial score (nSPS) is 16.3. The van der Waals surface area contributed by atoms with E-state index in [2.05, 4.69) is 20.6 Å². The molecule has 2 atom stereocenters. The minimum Gasteiger partial charge on any atom is -0.486 e. The van der Waals surface area contributed by atoms with Gasteiger partial charge in [0.15, 0.2) is 6.10 Å². The molecule has 9 nitrogen and oxygen atoms in total. The first kappa shape index (κ1) is 20.7. The van der Waals surface area contributed by atoms with Crippen molar-refractivity contribution in [1.29, 1.82) is 0 Å². The molecule has 0 saturated heterocycles. The van der Waals surface area contributed by atoms with Crippen LogP contribution in [-0.2, 0) is 11.9 Å². The zero-order valence-corrected chi connectivity index (χ0v) is 18.4. The van der Waals surface area contributed by atoms with Crippen LogP contribution in [0.4, 0.5) is 0 Å². The van der Waals surface area contributed by atoms with Crippen LogP contribution < -0.4 is 10.1 Å². The van der Waals surface area contributed by atoms with Crippen molar-refractivity contribution in [3.63, 3.8) is 0 Å². The summed E-state index contributed by atoms with van der Waals surface area (Å²) in [5, 5.41) is 11.3. The lowest BCUT2D eigenvalue weighted by molar-refractivity contribution is 0.00426. The standard InChI is InChI=1S/C24H24N6O3/c1-16(32-21-6-4-3-5-20(21)18-12-27-29(2)14-18)22-11-19(28-33-22)13-26-24(31)17-7-8-23-25-9-10-30(23)15-17/h3-10,12,14-16,22H,11,13H2,1-2H3,(H,26,31). The van der Waals surface area contributed by atoms with Crippen molar-refractivity contribution in [2.75, 3.05) is 6.54 Å². The van der Waals surface area contributed by atoms with Crippen LogP contribution in [0.3, 0.4) is 0 Å². The maximum atomic E-state index is 12.5. The van der Waals surface area contributed by atoms with E-state index in [1.807, 2.05) is 61.1 Å². The van der Waals surface area contributed by atoms with E-state index in [0.29, 0.717) is 18.5 Å². The fraction of sp³-hybridized carbons (Fsp3) is 0.250. The molecule has 2 unspecified atom stereocenters. The third-order valence-electron chi connectivity index (χ3n) is 5.60. The van der Waals surface area contributed by atoms with Crippen LogP contribution >= 0.6 is 0 Å². The molecule has 3 aromatic heterocycles. The first-order chi connectivity index (χ1) is 16.1. The van der Waals surface area contributed by atoms with Gasteiger partial charge in [0.2, 0.25) is 0 Å². The lowest BCUT2D eigenvalue weighted by Gasteiger charge is -2.21. The predicted molar refractivity (Wildman–Crippen MR) is 123 cm³/mol. The predicted octanol–water partition coefficient (Wildman–Crippen LogP) is 3.08. The molecule has 168 valence electrons. The summed E-state index contributed by atoms with van der Waals surface area (Å²) in [6.07, 6.45) is 9.13. The topological polar surface area (TPSA) is 95.0 Å². The number of nitrogens with one attached hydrogen (secondary N) is 1. The molecule has 0 fully saturated rings. The van der Waals surface area contributed by atoms with Crippen molar-refractivity contribution in [2.45, 2.75) is 25.6 Å². The van der Waals surface area contributed by atoms with Crippen LogP contribution in [0.5, 0.6) is 5.75 Å². The van der Waals surface area contributed by atoms with E-state index in [4.69, 9.17) is 9.57 Å². The lowest BCUT2D eigenvalue weighted by Crippen LogP contribution is -2.32. The Kier molecular flexibility index (Phi) is 5.52. The van der Waals surface area contributed by atoms with E-state index >= 15 is 0 Å². The number of nitrogens with zero attached hydrogens (tertiary/aromatic N) is 5. The molecule has 4 heterocycles. The second kappa shape index (κ2) is 8.78. The van der Waals surface area contributed by atoms with Gasteiger partial charge in [-0.15, -0.1) is 0 Å². The summed E-state index contributed by atoms with van der Waals surface area (Å²) in [7, 11) is 1.88. The fourth-order valence-electron chi connectivity index (χ4n) is 3.79. The van der Waals surface area contributed by atoms with Crippen LogP contribution in [-0.4, -0.2) is 49.5 Å². The van der Waals surface area contributed by atoms with Crippen molar-refractivity contribution in [3.8, 4) is 16.9 Å². The Balaban J connectivity index is 1.17. The molecule has 1 aliphatic rings. The second-order valence-electron chi connectivity index (χ2n) is 8.02. The average molecular weight is 444 g/mol. The summed E-state index contributed by atoms with van der Waals surface area (Å²) in [5.41, 5.74) is 4.08. The molecule has 1 N–H and O–H groups in total. The number of ether oxygens (including phenoxy) is 1. The van der Waals surface area contributed by atoms with Crippen molar-refractivity contribution >= 4 is 17.3 Å². The Morgan fingerprint density at radius 3 is 3.00 bits per heavy atom. The van der Waals surface area contributed by atoms with Crippen LogP contribution in [0.2, 0.25) is 0 Å². The average Bonchev–Trinajstić information content (AvgIpc) is 3.58. The molecule has 0 saturated carbocycles. The molecule has 1 aliphatic heterocycles. The summed E-state index contributed by atoms with van der Waals surface area (Å²) in [4.78, 5) is 22.3. The van der Waals surface area contributed by atoms with Gasteiger partial charge < -0.3 is 19.3 Å². The highest BCUT2D eigenvalue weighted by molar-refractivity contribution is 5.98. The molecule has 33 heavy (non-hydrogen) atoms.